The molecule has 1 aliphatic rings. The van der Waals surface area contributed by atoms with Crippen molar-refractivity contribution in [1.82, 2.24) is 29.5 Å². The van der Waals surface area contributed by atoms with E-state index in [1.165, 1.54) is 4.52 Å². The quantitative estimate of drug-likeness (QED) is 0.385. The lowest BCUT2D eigenvalue weighted by Gasteiger charge is -2.21. The summed E-state index contributed by atoms with van der Waals surface area (Å²) >= 11 is 0. The van der Waals surface area contributed by atoms with Gasteiger partial charge in [-0.25, -0.2) is 9.79 Å². The molecule has 0 atom stereocenters. The molecule has 0 aliphatic heterocycles. The number of imidazole rings is 1. The van der Waals surface area contributed by atoms with E-state index >= 15 is 0 Å². The number of aromatic nitrogens is 6. The van der Waals surface area contributed by atoms with Crippen LogP contribution in [0.5, 0.6) is 17.6 Å². The van der Waals surface area contributed by atoms with Gasteiger partial charge in [0, 0.05) is 30.1 Å². The maximum absolute atomic E-state index is 11.5. The minimum absolute atomic E-state index is 0.139. The van der Waals surface area contributed by atoms with Crippen molar-refractivity contribution in [2.45, 2.75) is 32.7 Å². The van der Waals surface area contributed by atoms with E-state index in [0.29, 0.717) is 22.2 Å². The topological polar surface area (TPSA) is 137 Å². The van der Waals surface area contributed by atoms with E-state index in [2.05, 4.69) is 48.8 Å². The van der Waals surface area contributed by atoms with Gasteiger partial charge < -0.3 is 19.7 Å². The van der Waals surface area contributed by atoms with Gasteiger partial charge in [-0.15, -0.1) is 0 Å². The Bertz CT molecular complexity index is 1480. The molecule has 3 aromatic heterocycles. The molecule has 3 N–H and O–H groups in total. The number of rotatable bonds is 7. The molecule has 33 heavy (non-hydrogen) atoms. The highest BCUT2D eigenvalue weighted by molar-refractivity contribution is 5.56. The van der Waals surface area contributed by atoms with Crippen LogP contribution >= 0.6 is 0 Å². The van der Waals surface area contributed by atoms with Crippen molar-refractivity contribution < 1.29 is 9.84 Å². The summed E-state index contributed by atoms with van der Waals surface area (Å²) in [7, 11) is 0. The fraction of sp³-hybridized carbons (Fsp3) is 0.318. The molecular formula is C22H24N8O3. The molecule has 0 bridgehead atoms. The molecule has 1 aliphatic carbocycles. The molecule has 0 amide bonds. The lowest BCUT2D eigenvalue weighted by Crippen LogP contribution is -2.23. The standard InChI is InChI=1S/C22H24N8O3/c1-3-29(4-2)15-6-5-7-16(11-15)33-22-26-18-13(10-17-19(31)27-21(32)25-17)12-23-30(18)20(28-22)24-14-8-9-14/h5-7,10-12,14,31H,3-4,8-9H2,1-2H3,(H2,25,27,32). The highest BCUT2D eigenvalue weighted by atomic mass is 16.5. The second-order valence-electron chi connectivity index (χ2n) is 7.76. The monoisotopic (exact) mass is 448 g/mol. The Balaban J connectivity index is 1.61. The number of nitrogens with one attached hydrogen (secondary N) is 2. The van der Waals surface area contributed by atoms with Gasteiger partial charge in [0.15, 0.2) is 5.65 Å². The largest absolute Gasteiger partial charge is 0.493 e. The molecular weight excluding hydrogens is 424 g/mol. The number of H-pyrrole nitrogens is 2. The first-order valence-corrected chi connectivity index (χ1v) is 10.9. The van der Waals surface area contributed by atoms with Crippen LogP contribution in [0.15, 0.2) is 40.2 Å². The van der Waals surface area contributed by atoms with E-state index in [1.54, 1.807) is 12.3 Å². The summed E-state index contributed by atoms with van der Waals surface area (Å²) in [6, 6.07) is 8.12. The van der Waals surface area contributed by atoms with E-state index in [1.807, 2.05) is 24.3 Å². The third kappa shape index (κ3) is 4.29. The summed E-state index contributed by atoms with van der Waals surface area (Å²) in [5.74, 6) is 0.347. The molecule has 0 saturated heterocycles. The number of anilines is 1. The Labute approximate surface area is 188 Å². The number of fused-ring (bicyclic) bond motifs is 1. The van der Waals surface area contributed by atoms with E-state index < -0.39 is 5.69 Å². The van der Waals surface area contributed by atoms with Crippen molar-refractivity contribution in [1.29, 1.82) is 0 Å². The number of hydrogen-bond donors (Lipinski definition) is 3. The molecule has 0 radical (unpaired) electrons. The number of nitrogens with zero attached hydrogens (tertiary/aromatic N) is 6. The summed E-state index contributed by atoms with van der Waals surface area (Å²) in [4.78, 5) is 32.2. The number of hydrogen-bond acceptors (Lipinski definition) is 8. The normalized spacial score (nSPS) is 14.8. The SMILES string of the molecule is CCN(CC)c1cccc(Oc2nc(=NC3CC3)n3ncc(=Cc4[nH]c(=O)[nH]c4O)c3n2)c1. The van der Waals surface area contributed by atoms with Gasteiger partial charge in [-0.1, -0.05) is 6.07 Å². The van der Waals surface area contributed by atoms with E-state index in [-0.39, 0.29) is 23.6 Å². The van der Waals surface area contributed by atoms with Crippen molar-refractivity contribution in [3.8, 4) is 17.6 Å². The van der Waals surface area contributed by atoms with Gasteiger partial charge in [-0.2, -0.15) is 19.6 Å². The van der Waals surface area contributed by atoms with Crippen LogP contribution in [0.25, 0.3) is 11.7 Å². The van der Waals surface area contributed by atoms with Gasteiger partial charge in [0.25, 0.3) is 5.62 Å². The van der Waals surface area contributed by atoms with E-state index in [4.69, 9.17) is 4.74 Å². The fourth-order valence-electron chi connectivity index (χ4n) is 3.54. The lowest BCUT2D eigenvalue weighted by atomic mass is 10.2. The molecule has 0 spiro atoms. The van der Waals surface area contributed by atoms with Gasteiger partial charge in [-0.05, 0) is 44.9 Å². The van der Waals surface area contributed by atoms with Crippen LogP contribution in [0.1, 0.15) is 32.4 Å². The first kappa shape index (κ1) is 20.7. The lowest BCUT2D eigenvalue weighted by molar-refractivity contribution is 0.435. The second-order valence-corrected chi connectivity index (χ2v) is 7.76. The molecule has 170 valence electrons. The summed E-state index contributed by atoms with van der Waals surface area (Å²) in [6.45, 7) is 5.98. The maximum Gasteiger partial charge on any atom is 0.327 e. The van der Waals surface area contributed by atoms with Gasteiger partial charge >= 0.3 is 11.7 Å². The average Bonchev–Trinajstić information content (AvgIpc) is 3.43. The Morgan fingerprint density at radius 2 is 2.09 bits per heavy atom. The molecule has 1 fully saturated rings. The predicted octanol–water partition coefficient (Wildman–Crippen LogP) is 1.10. The molecule has 1 saturated carbocycles. The second kappa shape index (κ2) is 8.41. The number of aromatic amines is 2. The Morgan fingerprint density at radius 3 is 2.79 bits per heavy atom. The predicted molar refractivity (Wildman–Crippen MR) is 121 cm³/mol. The van der Waals surface area contributed by atoms with Crippen LogP contribution in [-0.4, -0.2) is 53.8 Å². The van der Waals surface area contributed by atoms with Gasteiger partial charge in [-0.3, -0.25) is 4.98 Å². The van der Waals surface area contributed by atoms with Gasteiger partial charge in [0.05, 0.1) is 12.2 Å². The summed E-state index contributed by atoms with van der Waals surface area (Å²) in [5.41, 5.74) is 1.60. The number of aromatic hydroxyl groups is 1. The third-order valence-corrected chi connectivity index (χ3v) is 5.39. The van der Waals surface area contributed by atoms with Crippen LogP contribution in [0, 0.1) is 0 Å². The molecule has 3 heterocycles. The smallest absolute Gasteiger partial charge is 0.327 e. The first-order chi connectivity index (χ1) is 16.0. The van der Waals surface area contributed by atoms with E-state index in [0.717, 1.165) is 31.6 Å². The van der Waals surface area contributed by atoms with Crippen LogP contribution in [0.3, 0.4) is 0 Å². The highest BCUT2D eigenvalue weighted by Crippen LogP contribution is 2.24. The minimum Gasteiger partial charge on any atom is -0.493 e. The summed E-state index contributed by atoms with van der Waals surface area (Å²) < 4.78 is 7.57. The number of benzene rings is 1. The van der Waals surface area contributed by atoms with Gasteiger partial charge in [0.1, 0.15) is 11.4 Å². The first-order valence-electron chi connectivity index (χ1n) is 10.9. The van der Waals surface area contributed by atoms with E-state index in [9.17, 15) is 9.90 Å². The zero-order valence-corrected chi connectivity index (χ0v) is 18.3. The molecule has 5 rings (SSSR count). The van der Waals surface area contributed by atoms with Gasteiger partial charge in [0.2, 0.25) is 5.88 Å². The zero-order valence-electron chi connectivity index (χ0n) is 18.3. The zero-order chi connectivity index (χ0) is 22.9. The maximum atomic E-state index is 11.5. The van der Waals surface area contributed by atoms with Crippen LogP contribution in [0.4, 0.5) is 5.69 Å². The molecule has 11 nitrogen and oxygen atoms in total. The summed E-state index contributed by atoms with van der Waals surface area (Å²) in [6.07, 6.45) is 5.17. The minimum atomic E-state index is -0.508. The summed E-state index contributed by atoms with van der Waals surface area (Å²) in [5, 5.41) is 14.8. The number of ether oxygens (including phenoxy) is 1. The van der Waals surface area contributed by atoms with Crippen molar-refractivity contribution in [3.05, 3.63) is 57.5 Å². The molecule has 4 aromatic rings. The van der Waals surface area contributed by atoms with Crippen molar-refractivity contribution in [2.75, 3.05) is 18.0 Å². The molecule has 11 heteroatoms. The van der Waals surface area contributed by atoms with Crippen LogP contribution in [-0.2, 0) is 0 Å². The van der Waals surface area contributed by atoms with Crippen molar-refractivity contribution in [2.24, 2.45) is 4.99 Å². The average molecular weight is 448 g/mol. The highest BCUT2D eigenvalue weighted by Gasteiger charge is 2.21. The fourth-order valence-corrected chi connectivity index (χ4v) is 3.54. The molecule has 0 unspecified atom stereocenters. The Morgan fingerprint density at radius 1 is 1.27 bits per heavy atom. The Hall–Kier alpha value is -4.15. The van der Waals surface area contributed by atoms with Crippen LogP contribution in [0.2, 0.25) is 0 Å². The van der Waals surface area contributed by atoms with Crippen LogP contribution < -0.4 is 26.2 Å². The third-order valence-electron chi connectivity index (χ3n) is 5.39. The Kier molecular flexibility index (Phi) is 5.29. The van der Waals surface area contributed by atoms with Crippen molar-refractivity contribution >= 4 is 17.4 Å². The molecule has 1 aromatic carbocycles. The van der Waals surface area contributed by atoms with Crippen molar-refractivity contribution in [3.63, 3.8) is 0 Å².